The molecule has 124 valence electrons. The van der Waals surface area contributed by atoms with E-state index >= 15 is 0 Å². The van der Waals surface area contributed by atoms with Crippen molar-refractivity contribution in [1.29, 1.82) is 0 Å². The summed E-state index contributed by atoms with van der Waals surface area (Å²) in [5, 5.41) is 5.14. The maximum atomic E-state index is 5.27. The smallest absolute Gasteiger partial charge is 0.138 e. The van der Waals surface area contributed by atoms with Crippen molar-refractivity contribution >= 4 is 16.6 Å². The molecule has 0 saturated carbocycles. The van der Waals surface area contributed by atoms with Crippen LogP contribution < -0.4 is 4.90 Å². The van der Waals surface area contributed by atoms with Gasteiger partial charge in [0.2, 0.25) is 0 Å². The number of anilines is 1. The molecule has 3 aromatic rings. The fraction of sp³-hybridized carbons (Fsp3) is 0.389. The van der Waals surface area contributed by atoms with Crippen molar-refractivity contribution in [1.82, 2.24) is 20.0 Å². The fourth-order valence-corrected chi connectivity index (χ4v) is 3.28. The van der Waals surface area contributed by atoms with Crippen molar-refractivity contribution in [3.63, 3.8) is 0 Å². The van der Waals surface area contributed by atoms with E-state index in [9.17, 15) is 0 Å². The molecular weight excluding hydrogens is 302 g/mol. The molecule has 6 nitrogen and oxygen atoms in total. The molecule has 0 amide bonds. The molecule has 0 spiro atoms. The minimum Gasteiger partial charge on any atom is -0.369 e. The Morgan fingerprint density at radius 3 is 2.71 bits per heavy atom. The van der Waals surface area contributed by atoms with E-state index in [2.05, 4.69) is 43.1 Å². The highest BCUT2D eigenvalue weighted by atomic mass is 16.5. The summed E-state index contributed by atoms with van der Waals surface area (Å²) in [5.74, 6) is 0.935. The third kappa shape index (κ3) is 2.85. The van der Waals surface area contributed by atoms with E-state index in [0.717, 1.165) is 55.1 Å². The number of piperazine rings is 1. The van der Waals surface area contributed by atoms with Crippen LogP contribution in [0.4, 0.5) is 5.69 Å². The first-order valence-corrected chi connectivity index (χ1v) is 8.29. The minimum atomic E-state index is 0.917. The number of aromatic nitrogens is 3. The zero-order chi connectivity index (χ0) is 16.5. The van der Waals surface area contributed by atoms with Crippen LogP contribution >= 0.6 is 0 Å². The molecule has 1 saturated heterocycles. The first-order valence-electron chi connectivity index (χ1n) is 8.29. The van der Waals surface area contributed by atoms with Crippen LogP contribution in [0.1, 0.15) is 17.0 Å². The standard InChI is InChI=1S/C18H21N5O/c1-13-17(14(2)24-21-13)11-22-5-7-23(8-6-22)16-3-4-18-15(9-16)10-19-12-20-18/h3-4,9-10,12H,5-8,11H2,1-2H3. The Morgan fingerprint density at radius 1 is 1.12 bits per heavy atom. The van der Waals surface area contributed by atoms with E-state index in [1.54, 1.807) is 6.33 Å². The normalized spacial score (nSPS) is 16.0. The molecule has 6 heteroatoms. The Bertz CT molecular complexity index is 832. The van der Waals surface area contributed by atoms with Gasteiger partial charge in [0.15, 0.2) is 0 Å². The molecule has 0 N–H and O–H groups in total. The summed E-state index contributed by atoms with van der Waals surface area (Å²) < 4.78 is 5.27. The van der Waals surface area contributed by atoms with Crippen molar-refractivity contribution < 1.29 is 4.52 Å². The molecule has 0 aliphatic carbocycles. The largest absolute Gasteiger partial charge is 0.369 e. The average Bonchev–Trinajstić information content (AvgIpc) is 2.94. The summed E-state index contributed by atoms with van der Waals surface area (Å²) in [6.45, 7) is 9.02. The third-order valence-corrected chi connectivity index (χ3v) is 4.79. The first kappa shape index (κ1) is 15.1. The molecule has 4 rings (SSSR count). The molecule has 1 aliphatic rings. The van der Waals surface area contributed by atoms with Crippen LogP contribution in [0.3, 0.4) is 0 Å². The molecule has 0 radical (unpaired) electrons. The SMILES string of the molecule is Cc1noc(C)c1CN1CCN(c2ccc3ncncc3c2)CC1. The van der Waals surface area contributed by atoms with Gasteiger partial charge < -0.3 is 9.42 Å². The van der Waals surface area contributed by atoms with Gasteiger partial charge in [0, 0.05) is 55.6 Å². The zero-order valence-corrected chi connectivity index (χ0v) is 14.1. The quantitative estimate of drug-likeness (QED) is 0.738. The monoisotopic (exact) mass is 323 g/mol. The second-order valence-corrected chi connectivity index (χ2v) is 6.33. The van der Waals surface area contributed by atoms with Gasteiger partial charge in [0.1, 0.15) is 12.1 Å². The van der Waals surface area contributed by atoms with Crippen LogP contribution in [0.15, 0.2) is 35.2 Å². The van der Waals surface area contributed by atoms with E-state index in [1.165, 1.54) is 11.3 Å². The fourth-order valence-electron chi connectivity index (χ4n) is 3.28. The van der Waals surface area contributed by atoms with Crippen molar-refractivity contribution in [2.75, 3.05) is 31.1 Å². The molecule has 0 unspecified atom stereocenters. The predicted octanol–water partition coefficient (Wildman–Crippen LogP) is 2.56. The molecule has 0 atom stereocenters. The number of hydrogen-bond donors (Lipinski definition) is 0. The van der Waals surface area contributed by atoms with Crippen LogP contribution in [0.5, 0.6) is 0 Å². The van der Waals surface area contributed by atoms with Crippen LogP contribution in [0.25, 0.3) is 10.9 Å². The maximum absolute atomic E-state index is 5.27. The molecule has 2 aromatic heterocycles. The van der Waals surface area contributed by atoms with E-state index in [1.807, 2.05) is 20.0 Å². The Hall–Kier alpha value is -2.47. The van der Waals surface area contributed by atoms with Crippen molar-refractivity contribution in [2.45, 2.75) is 20.4 Å². The molecule has 24 heavy (non-hydrogen) atoms. The highest BCUT2D eigenvalue weighted by Crippen LogP contribution is 2.22. The summed E-state index contributed by atoms with van der Waals surface area (Å²) in [6, 6.07) is 6.40. The van der Waals surface area contributed by atoms with Gasteiger partial charge in [0.05, 0.1) is 11.2 Å². The lowest BCUT2D eigenvalue weighted by molar-refractivity contribution is 0.248. The van der Waals surface area contributed by atoms with Gasteiger partial charge in [-0.15, -0.1) is 0 Å². The lowest BCUT2D eigenvalue weighted by atomic mass is 10.1. The van der Waals surface area contributed by atoms with Gasteiger partial charge >= 0.3 is 0 Å². The molecule has 0 bridgehead atoms. The van der Waals surface area contributed by atoms with Crippen LogP contribution in [-0.2, 0) is 6.54 Å². The highest BCUT2D eigenvalue weighted by molar-refractivity contribution is 5.81. The number of nitrogens with zero attached hydrogens (tertiary/aromatic N) is 5. The predicted molar refractivity (Wildman–Crippen MR) is 93.0 cm³/mol. The summed E-state index contributed by atoms with van der Waals surface area (Å²) in [6.07, 6.45) is 3.47. The second kappa shape index (κ2) is 6.20. The van der Waals surface area contributed by atoms with Crippen LogP contribution in [0, 0.1) is 13.8 Å². The highest BCUT2D eigenvalue weighted by Gasteiger charge is 2.20. The van der Waals surface area contributed by atoms with Crippen molar-refractivity contribution in [3.8, 4) is 0 Å². The number of rotatable bonds is 3. The number of benzene rings is 1. The van der Waals surface area contributed by atoms with Gasteiger partial charge in [-0.05, 0) is 32.0 Å². The van der Waals surface area contributed by atoms with Gasteiger partial charge in [-0.2, -0.15) is 0 Å². The summed E-state index contributed by atoms with van der Waals surface area (Å²) in [4.78, 5) is 13.3. The van der Waals surface area contributed by atoms with Gasteiger partial charge in [-0.25, -0.2) is 9.97 Å². The molecule has 3 heterocycles. The molecular formula is C18H21N5O. The van der Waals surface area contributed by atoms with Gasteiger partial charge in [-0.1, -0.05) is 5.16 Å². The Labute approximate surface area is 141 Å². The lowest BCUT2D eigenvalue weighted by Gasteiger charge is -2.36. The topological polar surface area (TPSA) is 58.3 Å². The summed E-state index contributed by atoms with van der Waals surface area (Å²) in [5.41, 5.74) is 4.47. The molecule has 1 fully saturated rings. The lowest BCUT2D eigenvalue weighted by Crippen LogP contribution is -2.46. The Kier molecular flexibility index (Phi) is 3.90. The van der Waals surface area contributed by atoms with Gasteiger partial charge in [-0.3, -0.25) is 4.90 Å². The Morgan fingerprint density at radius 2 is 1.96 bits per heavy atom. The van der Waals surface area contributed by atoms with Crippen LogP contribution in [-0.4, -0.2) is 46.2 Å². The Balaban J connectivity index is 1.43. The molecule has 1 aliphatic heterocycles. The second-order valence-electron chi connectivity index (χ2n) is 6.33. The molecule has 1 aromatic carbocycles. The van der Waals surface area contributed by atoms with Crippen LogP contribution in [0.2, 0.25) is 0 Å². The van der Waals surface area contributed by atoms with E-state index in [-0.39, 0.29) is 0 Å². The number of aryl methyl sites for hydroxylation is 2. The summed E-state index contributed by atoms with van der Waals surface area (Å²) >= 11 is 0. The number of hydrogen-bond acceptors (Lipinski definition) is 6. The summed E-state index contributed by atoms with van der Waals surface area (Å²) in [7, 11) is 0. The van der Waals surface area contributed by atoms with Crippen molar-refractivity contribution in [3.05, 3.63) is 47.7 Å². The number of fused-ring (bicyclic) bond motifs is 1. The minimum absolute atomic E-state index is 0.917. The average molecular weight is 323 g/mol. The van der Waals surface area contributed by atoms with E-state index in [0.29, 0.717) is 0 Å². The third-order valence-electron chi connectivity index (χ3n) is 4.79. The van der Waals surface area contributed by atoms with E-state index < -0.39 is 0 Å². The van der Waals surface area contributed by atoms with E-state index in [4.69, 9.17) is 4.52 Å². The maximum Gasteiger partial charge on any atom is 0.138 e. The first-order chi connectivity index (χ1) is 11.7. The van der Waals surface area contributed by atoms with Crippen molar-refractivity contribution in [2.24, 2.45) is 0 Å². The zero-order valence-electron chi connectivity index (χ0n) is 14.1. The van der Waals surface area contributed by atoms with Gasteiger partial charge in [0.25, 0.3) is 0 Å².